The highest BCUT2D eigenvalue weighted by Crippen LogP contribution is 2.29. The molecule has 2 rings (SSSR count). The van der Waals surface area contributed by atoms with Crippen LogP contribution in [-0.4, -0.2) is 32.7 Å². The number of carbonyl (C=O) groups is 2. The fraction of sp³-hybridized carbons (Fsp3) is 0.333. The second-order valence-electron chi connectivity index (χ2n) is 6.49. The van der Waals surface area contributed by atoms with Crippen molar-refractivity contribution in [3.8, 4) is 11.5 Å². The van der Waals surface area contributed by atoms with Gasteiger partial charge in [-0.05, 0) is 42.2 Å². The Morgan fingerprint density at radius 2 is 1.63 bits per heavy atom. The molecule has 2 aromatic carbocycles. The number of methoxy groups -OCH3 is 2. The normalized spacial score (nSPS) is 10.4. The third kappa shape index (κ3) is 6.02. The zero-order chi connectivity index (χ0) is 19.8. The lowest BCUT2D eigenvalue weighted by molar-refractivity contribution is -0.119. The SMILES string of the molecule is COc1ccc(NC(=O)COC(=O)c2ccc(CC(C)C)cc2)cc1OC. The van der Waals surface area contributed by atoms with Crippen LogP contribution in [0.25, 0.3) is 0 Å². The van der Waals surface area contributed by atoms with Crippen molar-refractivity contribution in [3.63, 3.8) is 0 Å². The van der Waals surface area contributed by atoms with Crippen molar-refractivity contribution >= 4 is 17.6 Å². The Hall–Kier alpha value is -3.02. The van der Waals surface area contributed by atoms with E-state index in [1.807, 2.05) is 12.1 Å². The third-order valence-electron chi connectivity index (χ3n) is 3.84. The first-order valence-corrected chi connectivity index (χ1v) is 8.71. The van der Waals surface area contributed by atoms with Gasteiger partial charge in [0.2, 0.25) is 0 Å². The predicted molar refractivity (Wildman–Crippen MR) is 103 cm³/mol. The van der Waals surface area contributed by atoms with E-state index in [9.17, 15) is 9.59 Å². The molecule has 0 aliphatic heterocycles. The molecule has 144 valence electrons. The third-order valence-corrected chi connectivity index (χ3v) is 3.84. The van der Waals surface area contributed by atoms with E-state index in [-0.39, 0.29) is 6.61 Å². The Morgan fingerprint density at radius 1 is 0.963 bits per heavy atom. The summed E-state index contributed by atoms with van der Waals surface area (Å²) in [6.07, 6.45) is 0.947. The fourth-order valence-corrected chi connectivity index (χ4v) is 2.57. The molecule has 0 bridgehead atoms. The molecule has 1 N–H and O–H groups in total. The van der Waals surface area contributed by atoms with E-state index in [1.165, 1.54) is 14.2 Å². The second kappa shape index (κ2) is 9.62. The van der Waals surface area contributed by atoms with E-state index in [0.717, 1.165) is 12.0 Å². The number of hydrogen-bond acceptors (Lipinski definition) is 5. The van der Waals surface area contributed by atoms with Crippen molar-refractivity contribution < 1.29 is 23.8 Å². The van der Waals surface area contributed by atoms with Gasteiger partial charge in [0.05, 0.1) is 19.8 Å². The van der Waals surface area contributed by atoms with E-state index in [1.54, 1.807) is 30.3 Å². The summed E-state index contributed by atoms with van der Waals surface area (Å²) in [5.74, 6) is 0.625. The topological polar surface area (TPSA) is 73.9 Å². The fourth-order valence-electron chi connectivity index (χ4n) is 2.57. The minimum Gasteiger partial charge on any atom is -0.493 e. The molecule has 2 aromatic rings. The van der Waals surface area contributed by atoms with Crippen molar-refractivity contribution in [2.75, 3.05) is 26.1 Å². The average Bonchev–Trinajstić information content (AvgIpc) is 2.66. The summed E-state index contributed by atoms with van der Waals surface area (Å²) in [4.78, 5) is 24.1. The molecular weight excluding hydrogens is 346 g/mol. The molecule has 6 heteroatoms. The highest BCUT2D eigenvalue weighted by atomic mass is 16.5. The van der Waals surface area contributed by atoms with Crippen molar-refractivity contribution in [3.05, 3.63) is 53.6 Å². The molecule has 1 amide bonds. The van der Waals surface area contributed by atoms with Crippen LogP contribution in [0.2, 0.25) is 0 Å². The first-order chi connectivity index (χ1) is 12.9. The standard InChI is InChI=1S/C21H25NO5/c1-14(2)11-15-5-7-16(8-6-15)21(24)27-13-20(23)22-17-9-10-18(25-3)19(12-17)26-4/h5-10,12,14H,11,13H2,1-4H3,(H,22,23). The molecule has 0 aromatic heterocycles. The smallest absolute Gasteiger partial charge is 0.338 e. The van der Waals surface area contributed by atoms with Gasteiger partial charge in [-0.1, -0.05) is 26.0 Å². The van der Waals surface area contributed by atoms with E-state index >= 15 is 0 Å². The van der Waals surface area contributed by atoms with Crippen molar-refractivity contribution in [2.24, 2.45) is 5.92 Å². The highest BCUT2D eigenvalue weighted by molar-refractivity contribution is 5.95. The van der Waals surface area contributed by atoms with Crippen LogP contribution in [0.4, 0.5) is 5.69 Å². The Balaban J connectivity index is 1.88. The maximum atomic E-state index is 12.1. The largest absolute Gasteiger partial charge is 0.493 e. The second-order valence-corrected chi connectivity index (χ2v) is 6.49. The predicted octanol–water partition coefficient (Wildman–Crippen LogP) is 3.70. The molecule has 27 heavy (non-hydrogen) atoms. The van der Waals surface area contributed by atoms with Gasteiger partial charge in [-0.25, -0.2) is 4.79 Å². The summed E-state index contributed by atoms with van der Waals surface area (Å²) < 4.78 is 15.4. The number of anilines is 1. The Kier molecular flexibility index (Phi) is 7.23. The summed E-state index contributed by atoms with van der Waals surface area (Å²) in [5, 5.41) is 2.65. The number of esters is 1. The van der Waals surface area contributed by atoms with Crippen LogP contribution in [0, 0.1) is 5.92 Å². The Bertz CT molecular complexity index is 784. The summed E-state index contributed by atoms with van der Waals surface area (Å²) in [6.45, 7) is 3.90. The zero-order valence-corrected chi connectivity index (χ0v) is 16.1. The molecule has 0 aliphatic carbocycles. The maximum absolute atomic E-state index is 12.1. The van der Waals surface area contributed by atoms with Crippen LogP contribution in [0.5, 0.6) is 11.5 Å². The average molecular weight is 371 g/mol. The molecule has 6 nitrogen and oxygen atoms in total. The number of ether oxygens (including phenoxy) is 3. The lowest BCUT2D eigenvalue weighted by Gasteiger charge is -2.11. The first kappa shape index (κ1) is 20.3. The molecule has 0 fully saturated rings. The van der Waals surface area contributed by atoms with Gasteiger partial charge in [0.1, 0.15) is 0 Å². The van der Waals surface area contributed by atoms with Crippen molar-refractivity contribution in [1.82, 2.24) is 0 Å². The maximum Gasteiger partial charge on any atom is 0.338 e. The van der Waals surface area contributed by atoms with E-state index < -0.39 is 11.9 Å². The van der Waals surface area contributed by atoms with Gasteiger partial charge >= 0.3 is 5.97 Å². The van der Waals surface area contributed by atoms with Gasteiger partial charge in [-0.15, -0.1) is 0 Å². The van der Waals surface area contributed by atoms with Gasteiger partial charge < -0.3 is 19.5 Å². The number of benzene rings is 2. The number of nitrogens with one attached hydrogen (secondary N) is 1. The van der Waals surface area contributed by atoms with Crippen molar-refractivity contribution in [1.29, 1.82) is 0 Å². The molecule has 0 radical (unpaired) electrons. The highest BCUT2D eigenvalue weighted by Gasteiger charge is 2.12. The lowest BCUT2D eigenvalue weighted by atomic mass is 10.0. The van der Waals surface area contributed by atoms with Crippen LogP contribution in [0.3, 0.4) is 0 Å². The minimum atomic E-state index is -0.534. The van der Waals surface area contributed by atoms with Crippen molar-refractivity contribution in [2.45, 2.75) is 20.3 Å². The quantitative estimate of drug-likeness (QED) is 0.716. The molecule has 0 atom stereocenters. The van der Waals surface area contributed by atoms with Gasteiger partial charge in [0, 0.05) is 11.8 Å². The van der Waals surface area contributed by atoms with Gasteiger partial charge in [-0.3, -0.25) is 4.79 Å². The van der Waals surface area contributed by atoms with Gasteiger partial charge in [0.25, 0.3) is 5.91 Å². The van der Waals surface area contributed by atoms with Crippen LogP contribution in [-0.2, 0) is 16.0 Å². The van der Waals surface area contributed by atoms with Gasteiger partial charge in [0.15, 0.2) is 18.1 Å². The molecular formula is C21H25NO5. The van der Waals surface area contributed by atoms with E-state index in [4.69, 9.17) is 14.2 Å². The van der Waals surface area contributed by atoms with Crippen LogP contribution < -0.4 is 14.8 Å². The zero-order valence-electron chi connectivity index (χ0n) is 16.1. The molecule has 0 aliphatic rings. The summed E-state index contributed by atoms with van der Waals surface area (Å²) in [5.41, 5.74) is 2.10. The minimum absolute atomic E-state index is 0.374. The summed E-state index contributed by atoms with van der Waals surface area (Å²) >= 11 is 0. The Labute approximate surface area is 159 Å². The number of rotatable bonds is 8. The monoisotopic (exact) mass is 371 g/mol. The van der Waals surface area contributed by atoms with Crippen LogP contribution >= 0.6 is 0 Å². The molecule has 0 spiro atoms. The molecule has 0 saturated carbocycles. The lowest BCUT2D eigenvalue weighted by Crippen LogP contribution is -2.21. The van der Waals surface area contributed by atoms with E-state index in [2.05, 4.69) is 19.2 Å². The molecule has 0 heterocycles. The number of hydrogen-bond donors (Lipinski definition) is 1. The number of amides is 1. The van der Waals surface area contributed by atoms with Gasteiger partial charge in [-0.2, -0.15) is 0 Å². The first-order valence-electron chi connectivity index (χ1n) is 8.71. The Morgan fingerprint density at radius 3 is 2.22 bits per heavy atom. The van der Waals surface area contributed by atoms with Crippen LogP contribution in [0.1, 0.15) is 29.8 Å². The number of carbonyl (C=O) groups excluding carboxylic acids is 2. The summed E-state index contributed by atoms with van der Waals surface area (Å²) in [7, 11) is 3.04. The molecule has 0 saturated heterocycles. The van der Waals surface area contributed by atoms with E-state index in [0.29, 0.717) is 28.7 Å². The summed E-state index contributed by atoms with van der Waals surface area (Å²) in [6, 6.07) is 12.2. The molecule has 0 unspecified atom stereocenters. The van der Waals surface area contributed by atoms with Crippen LogP contribution in [0.15, 0.2) is 42.5 Å².